The van der Waals surface area contributed by atoms with Crippen molar-refractivity contribution in [1.82, 2.24) is 9.80 Å². The number of carbonyl (C=O) groups excluding carboxylic acids is 2. The van der Waals surface area contributed by atoms with E-state index < -0.39 is 45.6 Å². The van der Waals surface area contributed by atoms with Crippen LogP contribution < -0.4 is 0 Å². The molecule has 14 heteroatoms. The summed E-state index contributed by atoms with van der Waals surface area (Å²) in [5, 5.41) is 3.50. The Morgan fingerprint density at radius 2 is 1.12 bits per heavy atom. The van der Waals surface area contributed by atoms with Gasteiger partial charge in [-0.2, -0.15) is 26.3 Å². The van der Waals surface area contributed by atoms with Crippen molar-refractivity contribution in [2.75, 3.05) is 53.7 Å². The Kier molecular flexibility index (Phi) is 23.4. The van der Waals surface area contributed by atoms with Gasteiger partial charge in [0.15, 0.2) is 8.38 Å². The fourth-order valence-electron chi connectivity index (χ4n) is 3.98. The molecule has 0 spiro atoms. The standard InChI is InChI=1S/C26H47F6N2O4P.CH4O/c1-4-5-18-33(23(35)25(27,28)29)20-17-21-34(24(36)26(30,31)32)19-15-13-11-9-7-6-8-10-12-14-16-22-38-39(3)37-2;1-2/h4-22H2,1-3H3;2H,1H3/i1D;2T. The number of carbonyl (C=O) groups is 2. The molecule has 246 valence electrons. The molecule has 0 bridgehead atoms. The van der Waals surface area contributed by atoms with Gasteiger partial charge in [0.05, 0.1) is 6.61 Å². The van der Waals surface area contributed by atoms with Gasteiger partial charge < -0.3 is 24.0 Å². The third-order valence-corrected chi connectivity index (χ3v) is 7.26. The minimum absolute atomic E-state index is 0.00589. The van der Waals surface area contributed by atoms with Crippen LogP contribution in [0, 0.1) is 0 Å². The van der Waals surface area contributed by atoms with Crippen molar-refractivity contribution >= 4 is 20.2 Å². The van der Waals surface area contributed by atoms with Gasteiger partial charge in [-0.25, -0.2) is 0 Å². The van der Waals surface area contributed by atoms with Crippen molar-refractivity contribution < 1.29 is 51.5 Å². The van der Waals surface area contributed by atoms with Gasteiger partial charge in [-0.05, 0) is 25.7 Å². The number of aliphatic hydroxyl groups excluding tert-OH is 1. The Morgan fingerprint density at radius 3 is 1.51 bits per heavy atom. The highest BCUT2D eigenvalue weighted by atomic mass is 31.2. The van der Waals surface area contributed by atoms with Crippen LogP contribution in [-0.4, -0.2) is 94.2 Å². The molecule has 0 aliphatic heterocycles. The van der Waals surface area contributed by atoms with Gasteiger partial charge in [-0.1, -0.05) is 71.1 Å². The summed E-state index contributed by atoms with van der Waals surface area (Å²) in [5.41, 5.74) is 0. The Bertz CT molecular complexity index is 697. The monoisotopic (exact) mass is 631 g/mol. The number of alkyl halides is 6. The van der Waals surface area contributed by atoms with Crippen LogP contribution in [0.15, 0.2) is 0 Å². The maximum absolute atomic E-state index is 13.1. The highest BCUT2D eigenvalue weighted by Crippen LogP contribution is 2.31. The first-order chi connectivity index (χ1) is 20.3. The van der Waals surface area contributed by atoms with Crippen LogP contribution in [0.4, 0.5) is 26.3 Å². The third-order valence-electron chi connectivity index (χ3n) is 6.20. The van der Waals surface area contributed by atoms with Crippen molar-refractivity contribution in [1.29, 1.82) is 1.43 Å². The first-order valence-electron chi connectivity index (χ1n) is 15.3. The lowest BCUT2D eigenvalue weighted by atomic mass is 10.1. The van der Waals surface area contributed by atoms with Crippen LogP contribution in [0.3, 0.4) is 0 Å². The number of hydrogen-bond acceptors (Lipinski definition) is 5. The summed E-state index contributed by atoms with van der Waals surface area (Å²) < 4.78 is 101. The van der Waals surface area contributed by atoms with Crippen LogP contribution in [0.1, 0.15) is 98.2 Å². The zero-order chi connectivity index (χ0) is 33.2. The lowest BCUT2D eigenvalue weighted by Crippen LogP contribution is -2.45. The van der Waals surface area contributed by atoms with Gasteiger partial charge >= 0.3 is 24.2 Å². The zero-order valence-electron chi connectivity index (χ0n) is 26.8. The molecule has 0 aliphatic carbocycles. The van der Waals surface area contributed by atoms with E-state index in [2.05, 4.69) is 5.11 Å². The maximum atomic E-state index is 13.1. The van der Waals surface area contributed by atoms with Crippen molar-refractivity contribution in [2.45, 2.75) is 109 Å². The largest absolute Gasteiger partial charge is 0.471 e. The Balaban J connectivity index is 0. The molecule has 0 radical (unpaired) electrons. The Hall–Kier alpha value is -1.17. The van der Waals surface area contributed by atoms with E-state index in [-0.39, 0.29) is 32.8 Å². The molecule has 0 aromatic heterocycles. The molecule has 7 nitrogen and oxygen atoms in total. The van der Waals surface area contributed by atoms with Gasteiger partial charge in [-0.3, -0.25) is 9.59 Å². The van der Waals surface area contributed by atoms with E-state index >= 15 is 0 Å². The second-order valence-electron chi connectivity index (χ2n) is 9.49. The van der Waals surface area contributed by atoms with Crippen molar-refractivity contribution in [3.8, 4) is 0 Å². The molecule has 2 amide bonds. The lowest BCUT2D eigenvalue weighted by Gasteiger charge is -2.27. The fourth-order valence-corrected chi connectivity index (χ4v) is 4.48. The Labute approximate surface area is 246 Å². The molecular formula is C27H51F6N2O5P. The number of aliphatic hydroxyl groups is 1. The van der Waals surface area contributed by atoms with Crippen LogP contribution in [0.2, 0.25) is 0 Å². The maximum Gasteiger partial charge on any atom is 0.471 e. The molecule has 41 heavy (non-hydrogen) atoms. The predicted octanol–water partition coefficient (Wildman–Crippen LogP) is 7.46. The molecule has 0 aromatic rings. The van der Waals surface area contributed by atoms with Crippen LogP contribution in [0.5, 0.6) is 0 Å². The second kappa shape index (κ2) is 25.3. The first-order valence-corrected chi connectivity index (χ1v) is 15.8. The van der Waals surface area contributed by atoms with E-state index in [1.165, 1.54) is 7.11 Å². The van der Waals surface area contributed by atoms with E-state index in [1.54, 1.807) is 7.11 Å². The molecule has 0 saturated carbocycles. The SMILES string of the molecule is [2H]CCCCN(CCCN(CCCCCCCCCCCCCOP(C)OC)C(=O)C(F)(F)F)C(=O)C(F)(F)F.[3H]OC. The molecule has 1 N–H and O–H groups in total. The van der Waals surface area contributed by atoms with Gasteiger partial charge in [0, 0.05) is 48.4 Å². The molecule has 0 rings (SSSR count). The number of nitrogens with zero attached hydrogens (tertiary/aromatic N) is 2. The highest BCUT2D eigenvalue weighted by molar-refractivity contribution is 7.46. The minimum Gasteiger partial charge on any atom is -0.400 e. The van der Waals surface area contributed by atoms with Crippen molar-refractivity contribution in [2.24, 2.45) is 0 Å². The predicted molar refractivity (Wildman–Crippen MR) is 150 cm³/mol. The Morgan fingerprint density at radius 1 is 0.756 bits per heavy atom. The summed E-state index contributed by atoms with van der Waals surface area (Å²) in [6.07, 6.45) is 0.568. The van der Waals surface area contributed by atoms with Crippen LogP contribution in [-0.2, 0) is 18.6 Å². The average Bonchev–Trinajstić information content (AvgIpc) is 2.94. The summed E-state index contributed by atoms with van der Waals surface area (Å²) >= 11 is 0. The van der Waals surface area contributed by atoms with Crippen LogP contribution >= 0.6 is 8.38 Å². The minimum atomic E-state index is -5.10. The van der Waals surface area contributed by atoms with E-state index in [0.717, 1.165) is 57.8 Å². The molecule has 0 fully saturated rings. The second-order valence-corrected chi connectivity index (χ2v) is 11.0. The summed E-state index contributed by atoms with van der Waals surface area (Å²) in [5.74, 6) is -4.08. The number of unbranched alkanes of at least 4 members (excludes halogenated alkanes) is 11. The molecular weight excluding hydrogens is 577 g/mol. The number of halogens is 6. The fraction of sp³-hybridized carbons (Fsp3) is 0.926. The summed E-state index contributed by atoms with van der Waals surface area (Å²) in [6, 6.07) is 0. The summed E-state index contributed by atoms with van der Waals surface area (Å²) in [4.78, 5) is 24.7. The average molecular weight is 632 g/mol. The number of amides is 2. The van der Waals surface area contributed by atoms with Crippen molar-refractivity contribution in [3.63, 3.8) is 0 Å². The number of rotatable bonds is 23. The first kappa shape index (κ1) is 37.9. The normalized spacial score (nSPS) is 13.1. The van der Waals surface area contributed by atoms with Gasteiger partial charge in [-0.15, -0.1) is 0 Å². The van der Waals surface area contributed by atoms with Crippen LogP contribution in [0.25, 0.3) is 0 Å². The smallest absolute Gasteiger partial charge is 0.400 e. The zero-order valence-corrected chi connectivity index (χ0v) is 25.7. The summed E-state index contributed by atoms with van der Waals surface area (Å²) in [7, 11) is 2.16. The molecule has 0 aliphatic rings. The molecule has 0 saturated heterocycles. The summed E-state index contributed by atoms with van der Waals surface area (Å²) in [6.45, 7) is 1.44. The molecule has 1 unspecified atom stereocenters. The third kappa shape index (κ3) is 23.0. The van der Waals surface area contributed by atoms with E-state index in [0.29, 0.717) is 35.7 Å². The quantitative estimate of drug-likeness (QED) is 0.0720. The number of hydrogen-bond donors (Lipinski definition) is 1. The van der Waals surface area contributed by atoms with E-state index in [9.17, 15) is 35.9 Å². The van der Waals surface area contributed by atoms with Gasteiger partial charge in [0.1, 0.15) is 0 Å². The molecule has 1 atom stereocenters. The lowest BCUT2D eigenvalue weighted by molar-refractivity contribution is -0.187. The highest BCUT2D eigenvalue weighted by Gasteiger charge is 2.43. The van der Waals surface area contributed by atoms with Gasteiger partial charge in [0.2, 0.25) is 1.43 Å². The van der Waals surface area contributed by atoms with E-state index in [1.807, 2.05) is 6.66 Å². The topological polar surface area (TPSA) is 79.3 Å². The molecule has 0 aromatic carbocycles. The van der Waals surface area contributed by atoms with E-state index in [4.69, 9.17) is 11.8 Å². The van der Waals surface area contributed by atoms with Crippen molar-refractivity contribution in [3.05, 3.63) is 0 Å². The van der Waals surface area contributed by atoms with Gasteiger partial charge in [0.25, 0.3) is 0 Å². The molecule has 0 heterocycles.